The number of nitrogens with two attached hydrogens (primary N) is 1. The standard InChI is InChI=1S/C16H22N2O4.ClH/c1-2-18(16(19)14-6-4-12(8-17)22-14)9-11-3-5-13-15(7-11)21-10-20-13;/h3,5,7,12,14H,2,4,6,8-10,17H2,1H3;1H/t12-,14+;/m1./s1. The molecule has 0 unspecified atom stereocenters. The van der Waals surface area contributed by atoms with Crippen LogP contribution in [0.1, 0.15) is 25.3 Å². The second-order valence-electron chi connectivity index (χ2n) is 5.60. The summed E-state index contributed by atoms with van der Waals surface area (Å²) in [5.41, 5.74) is 6.63. The van der Waals surface area contributed by atoms with Crippen molar-refractivity contribution in [3.8, 4) is 11.5 Å². The Hall–Kier alpha value is -1.50. The van der Waals surface area contributed by atoms with E-state index in [0.717, 1.165) is 29.9 Å². The zero-order valence-corrected chi connectivity index (χ0v) is 14.0. The fourth-order valence-corrected chi connectivity index (χ4v) is 2.87. The van der Waals surface area contributed by atoms with Crippen LogP contribution in [-0.2, 0) is 16.1 Å². The molecule has 23 heavy (non-hydrogen) atoms. The fourth-order valence-electron chi connectivity index (χ4n) is 2.87. The van der Waals surface area contributed by atoms with Gasteiger partial charge >= 0.3 is 0 Å². The molecule has 0 bridgehead atoms. The number of benzene rings is 1. The van der Waals surface area contributed by atoms with Gasteiger partial charge in [0.25, 0.3) is 5.91 Å². The van der Waals surface area contributed by atoms with Gasteiger partial charge in [-0.25, -0.2) is 0 Å². The topological polar surface area (TPSA) is 74.0 Å². The lowest BCUT2D eigenvalue weighted by Crippen LogP contribution is -2.39. The van der Waals surface area contributed by atoms with E-state index in [9.17, 15) is 4.79 Å². The molecule has 0 saturated carbocycles. The van der Waals surface area contributed by atoms with Crippen LogP contribution in [-0.4, -0.2) is 42.9 Å². The number of hydrogen-bond acceptors (Lipinski definition) is 5. The first kappa shape index (κ1) is 17.8. The van der Waals surface area contributed by atoms with Crippen LogP contribution in [0.5, 0.6) is 11.5 Å². The number of fused-ring (bicyclic) bond motifs is 1. The van der Waals surface area contributed by atoms with E-state index in [1.807, 2.05) is 25.1 Å². The molecule has 2 N–H and O–H groups in total. The number of likely N-dealkylation sites (N-methyl/N-ethyl adjacent to an activating group) is 1. The van der Waals surface area contributed by atoms with Gasteiger partial charge in [-0.3, -0.25) is 4.79 Å². The molecule has 1 saturated heterocycles. The maximum atomic E-state index is 12.6. The van der Waals surface area contributed by atoms with Gasteiger partial charge in [0, 0.05) is 19.6 Å². The second kappa shape index (κ2) is 7.86. The number of halogens is 1. The van der Waals surface area contributed by atoms with Crippen molar-refractivity contribution >= 4 is 18.3 Å². The average molecular weight is 343 g/mol. The number of nitrogens with zero attached hydrogens (tertiary/aromatic N) is 1. The molecule has 1 aromatic rings. The van der Waals surface area contributed by atoms with Crippen LogP contribution in [0, 0.1) is 0 Å². The van der Waals surface area contributed by atoms with Crippen LogP contribution >= 0.6 is 12.4 Å². The molecule has 2 heterocycles. The summed E-state index contributed by atoms with van der Waals surface area (Å²) < 4.78 is 16.4. The van der Waals surface area contributed by atoms with E-state index in [0.29, 0.717) is 19.6 Å². The molecule has 1 fully saturated rings. The molecule has 2 aliphatic heterocycles. The highest BCUT2D eigenvalue weighted by molar-refractivity contribution is 5.85. The van der Waals surface area contributed by atoms with Gasteiger partial charge in [-0.1, -0.05) is 6.07 Å². The van der Waals surface area contributed by atoms with Crippen molar-refractivity contribution in [2.45, 2.75) is 38.5 Å². The van der Waals surface area contributed by atoms with Gasteiger partial charge in [-0.15, -0.1) is 12.4 Å². The fraction of sp³-hybridized carbons (Fsp3) is 0.562. The third kappa shape index (κ3) is 3.88. The normalized spacial score (nSPS) is 21.8. The second-order valence-corrected chi connectivity index (χ2v) is 5.60. The number of hydrogen-bond donors (Lipinski definition) is 1. The van der Waals surface area contributed by atoms with E-state index < -0.39 is 0 Å². The van der Waals surface area contributed by atoms with Crippen molar-refractivity contribution in [3.05, 3.63) is 23.8 Å². The Morgan fingerprint density at radius 2 is 2.09 bits per heavy atom. The van der Waals surface area contributed by atoms with Crippen molar-refractivity contribution < 1.29 is 19.0 Å². The molecule has 6 nitrogen and oxygen atoms in total. The molecule has 0 aliphatic carbocycles. The maximum absolute atomic E-state index is 12.6. The quantitative estimate of drug-likeness (QED) is 0.881. The van der Waals surface area contributed by atoms with Gasteiger partial charge in [0.1, 0.15) is 6.10 Å². The third-order valence-corrected chi connectivity index (χ3v) is 4.15. The van der Waals surface area contributed by atoms with Crippen molar-refractivity contribution in [2.75, 3.05) is 19.9 Å². The van der Waals surface area contributed by atoms with Gasteiger partial charge < -0.3 is 24.8 Å². The predicted molar refractivity (Wildman–Crippen MR) is 87.9 cm³/mol. The molecule has 0 radical (unpaired) electrons. The highest BCUT2D eigenvalue weighted by Gasteiger charge is 2.32. The first-order valence-electron chi connectivity index (χ1n) is 7.74. The SMILES string of the molecule is CCN(Cc1ccc2c(c1)OCO2)C(=O)[C@@H]1CC[C@H](CN)O1.Cl. The number of carbonyl (C=O) groups excluding carboxylic acids is 1. The summed E-state index contributed by atoms with van der Waals surface area (Å²) in [6.07, 6.45) is 1.26. The summed E-state index contributed by atoms with van der Waals surface area (Å²) >= 11 is 0. The zero-order valence-electron chi connectivity index (χ0n) is 13.2. The smallest absolute Gasteiger partial charge is 0.252 e. The minimum absolute atomic E-state index is 0. The molecule has 1 aromatic carbocycles. The number of rotatable bonds is 5. The van der Waals surface area contributed by atoms with Crippen molar-refractivity contribution in [2.24, 2.45) is 5.73 Å². The molecule has 7 heteroatoms. The Bertz CT molecular complexity index is 555. The lowest BCUT2D eigenvalue weighted by molar-refractivity contribution is -0.143. The van der Waals surface area contributed by atoms with Crippen molar-refractivity contribution in [1.82, 2.24) is 4.90 Å². The van der Waals surface area contributed by atoms with E-state index in [1.54, 1.807) is 4.90 Å². The maximum Gasteiger partial charge on any atom is 0.252 e. The molecular weight excluding hydrogens is 320 g/mol. The molecule has 3 rings (SSSR count). The largest absolute Gasteiger partial charge is 0.454 e. The summed E-state index contributed by atoms with van der Waals surface area (Å²) in [7, 11) is 0. The summed E-state index contributed by atoms with van der Waals surface area (Å²) in [6, 6.07) is 5.77. The summed E-state index contributed by atoms with van der Waals surface area (Å²) in [5.74, 6) is 1.53. The number of carbonyl (C=O) groups is 1. The van der Waals surface area contributed by atoms with Gasteiger partial charge in [-0.2, -0.15) is 0 Å². The van der Waals surface area contributed by atoms with E-state index in [2.05, 4.69) is 0 Å². The first-order chi connectivity index (χ1) is 10.7. The summed E-state index contributed by atoms with van der Waals surface area (Å²) in [4.78, 5) is 14.4. The lowest BCUT2D eigenvalue weighted by atomic mass is 10.1. The monoisotopic (exact) mass is 342 g/mol. The lowest BCUT2D eigenvalue weighted by Gasteiger charge is -2.24. The summed E-state index contributed by atoms with van der Waals surface area (Å²) in [6.45, 7) is 3.88. The molecule has 1 amide bonds. The van der Waals surface area contributed by atoms with Gasteiger partial charge in [0.2, 0.25) is 6.79 Å². The third-order valence-electron chi connectivity index (χ3n) is 4.15. The minimum Gasteiger partial charge on any atom is -0.454 e. The Kier molecular flexibility index (Phi) is 6.10. The highest BCUT2D eigenvalue weighted by atomic mass is 35.5. The van der Waals surface area contributed by atoms with E-state index in [1.165, 1.54) is 0 Å². The number of ether oxygens (including phenoxy) is 3. The molecule has 2 aliphatic rings. The molecule has 128 valence electrons. The molecule has 2 atom stereocenters. The van der Waals surface area contributed by atoms with E-state index >= 15 is 0 Å². The minimum atomic E-state index is -0.359. The van der Waals surface area contributed by atoms with E-state index in [-0.39, 0.29) is 37.3 Å². The van der Waals surface area contributed by atoms with Crippen LogP contribution in [0.3, 0.4) is 0 Å². The van der Waals surface area contributed by atoms with Crippen LogP contribution in [0.15, 0.2) is 18.2 Å². The Morgan fingerprint density at radius 3 is 2.78 bits per heavy atom. The Morgan fingerprint density at radius 1 is 1.30 bits per heavy atom. The molecule has 0 spiro atoms. The zero-order chi connectivity index (χ0) is 15.5. The van der Waals surface area contributed by atoms with Crippen LogP contribution in [0.25, 0.3) is 0 Å². The van der Waals surface area contributed by atoms with Gasteiger partial charge in [0.15, 0.2) is 11.5 Å². The first-order valence-corrected chi connectivity index (χ1v) is 7.74. The van der Waals surface area contributed by atoms with E-state index in [4.69, 9.17) is 19.9 Å². The van der Waals surface area contributed by atoms with Crippen LogP contribution in [0.2, 0.25) is 0 Å². The highest BCUT2D eigenvalue weighted by Crippen LogP contribution is 2.33. The van der Waals surface area contributed by atoms with Crippen molar-refractivity contribution in [3.63, 3.8) is 0 Å². The molecular formula is C16H23ClN2O4. The van der Waals surface area contributed by atoms with Crippen LogP contribution in [0.4, 0.5) is 0 Å². The van der Waals surface area contributed by atoms with Crippen molar-refractivity contribution in [1.29, 1.82) is 0 Å². The Labute approximate surface area is 142 Å². The Balaban J connectivity index is 0.00000192. The summed E-state index contributed by atoms with van der Waals surface area (Å²) in [5, 5.41) is 0. The molecule has 0 aromatic heterocycles. The predicted octanol–water partition coefficient (Wildman–Crippen LogP) is 1.69. The average Bonchev–Trinajstić information content (AvgIpc) is 3.20. The number of amides is 1. The van der Waals surface area contributed by atoms with Crippen LogP contribution < -0.4 is 15.2 Å². The van der Waals surface area contributed by atoms with Gasteiger partial charge in [-0.05, 0) is 37.5 Å². The van der Waals surface area contributed by atoms with Gasteiger partial charge in [0.05, 0.1) is 6.10 Å².